The fourth-order valence-corrected chi connectivity index (χ4v) is 3.02. The third kappa shape index (κ3) is 2.88. The molecule has 0 spiro atoms. The second-order valence-corrected chi connectivity index (χ2v) is 6.33. The van der Waals surface area contributed by atoms with Gasteiger partial charge in [0.25, 0.3) is 0 Å². The third-order valence-electron chi connectivity index (χ3n) is 4.10. The first kappa shape index (κ1) is 16.1. The summed E-state index contributed by atoms with van der Waals surface area (Å²) < 4.78 is 7.43. The quantitative estimate of drug-likeness (QED) is 0.589. The Labute approximate surface area is 151 Å². The van der Waals surface area contributed by atoms with Gasteiger partial charge in [-0.3, -0.25) is 0 Å². The van der Waals surface area contributed by atoms with Crippen LogP contribution in [0.3, 0.4) is 0 Å². The van der Waals surface area contributed by atoms with Crippen LogP contribution in [0, 0.1) is 0 Å². The topological polar surface area (TPSA) is 59.7 Å². The van der Waals surface area contributed by atoms with Gasteiger partial charge in [0.15, 0.2) is 5.65 Å². The number of fused-ring (bicyclic) bond motifs is 1. The smallest absolute Gasteiger partial charge is 0.155 e. The largest absolute Gasteiger partial charge is 0.507 e. The van der Waals surface area contributed by atoms with Crippen LogP contribution in [-0.4, -0.2) is 25.8 Å². The first-order chi connectivity index (χ1) is 12.6. The zero-order chi connectivity index (χ0) is 18.1. The molecule has 0 radical (unpaired) electrons. The molecule has 4 rings (SSSR count). The summed E-state index contributed by atoms with van der Waals surface area (Å²) in [5.74, 6) is 0.775. The SMILES string of the molecule is CC(C)Oc1ccc(-c2c(-c3ccccc3)cnc3ccnn23)c(O)c1. The molecule has 0 aliphatic heterocycles. The molecule has 2 heterocycles. The van der Waals surface area contributed by atoms with Gasteiger partial charge in [0.2, 0.25) is 0 Å². The minimum absolute atomic E-state index is 0.0406. The molecule has 0 atom stereocenters. The molecular formula is C21H19N3O2. The minimum atomic E-state index is 0.0406. The molecule has 2 aromatic heterocycles. The molecule has 2 aromatic carbocycles. The molecule has 1 N–H and O–H groups in total. The number of aromatic hydroxyl groups is 1. The summed E-state index contributed by atoms with van der Waals surface area (Å²) in [6.07, 6.45) is 3.56. The number of aromatic nitrogens is 3. The van der Waals surface area contributed by atoms with Crippen molar-refractivity contribution in [1.29, 1.82) is 0 Å². The van der Waals surface area contributed by atoms with Gasteiger partial charge in [0, 0.05) is 29.5 Å². The Kier molecular flexibility index (Phi) is 4.05. The number of rotatable bonds is 4. The maximum atomic E-state index is 10.7. The number of phenols is 1. The van der Waals surface area contributed by atoms with E-state index in [1.165, 1.54) is 0 Å². The van der Waals surface area contributed by atoms with Crippen LogP contribution in [0.4, 0.5) is 0 Å². The Balaban J connectivity index is 1.94. The van der Waals surface area contributed by atoms with Crippen LogP contribution >= 0.6 is 0 Å². The van der Waals surface area contributed by atoms with Crippen molar-refractivity contribution in [3.8, 4) is 33.9 Å². The van der Waals surface area contributed by atoms with Crippen molar-refractivity contribution in [2.24, 2.45) is 0 Å². The summed E-state index contributed by atoms with van der Waals surface area (Å²) in [6, 6.07) is 17.2. The molecule has 0 fully saturated rings. The van der Waals surface area contributed by atoms with E-state index in [0.29, 0.717) is 11.3 Å². The monoisotopic (exact) mass is 345 g/mol. The molecule has 0 aliphatic carbocycles. The number of benzene rings is 2. The standard InChI is InChI=1S/C21H19N3O2/c1-14(2)26-16-8-9-17(19(25)12-16)21-18(15-6-4-3-5-7-15)13-22-20-10-11-23-24(20)21/h3-14,25H,1-2H3. The highest BCUT2D eigenvalue weighted by molar-refractivity contribution is 5.84. The molecule has 0 bridgehead atoms. The molecule has 26 heavy (non-hydrogen) atoms. The van der Waals surface area contributed by atoms with Gasteiger partial charge in [-0.2, -0.15) is 5.10 Å². The van der Waals surface area contributed by atoms with Crippen LogP contribution in [0.1, 0.15) is 13.8 Å². The van der Waals surface area contributed by atoms with E-state index < -0.39 is 0 Å². The fourth-order valence-electron chi connectivity index (χ4n) is 3.02. The zero-order valence-corrected chi connectivity index (χ0v) is 14.6. The summed E-state index contributed by atoms with van der Waals surface area (Å²) >= 11 is 0. The van der Waals surface area contributed by atoms with Gasteiger partial charge in [0.05, 0.1) is 18.0 Å². The number of hydrogen-bond donors (Lipinski definition) is 1. The lowest BCUT2D eigenvalue weighted by atomic mass is 10.00. The van der Waals surface area contributed by atoms with E-state index in [1.807, 2.05) is 68.6 Å². The molecule has 0 aliphatic rings. The van der Waals surface area contributed by atoms with Crippen LogP contribution in [0.15, 0.2) is 67.0 Å². The summed E-state index contributed by atoms with van der Waals surface area (Å²) in [6.45, 7) is 3.91. The maximum Gasteiger partial charge on any atom is 0.155 e. The van der Waals surface area contributed by atoms with E-state index in [-0.39, 0.29) is 11.9 Å². The highest BCUT2D eigenvalue weighted by Crippen LogP contribution is 2.38. The second-order valence-electron chi connectivity index (χ2n) is 6.33. The van der Waals surface area contributed by atoms with E-state index in [0.717, 1.165) is 22.5 Å². The third-order valence-corrected chi connectivity index (χ3v) is 4.10. The van der Waals surface area contributed by atoms with Gasteiger partial charge in [0.1, 0.15) is 11.5 Å². The van der Waals surface area contributed by atoms with E-state index in [1.54, 1.807) is 16.8 Å². The first-order valence-electron chi connectivity index (χ1n) is 8.51. The van der Waals surface area contributed by atoms with Gasteiger partial charge >= 0.3 is 0 Å². The number of nitrogens with zero attached hydrogens (tertiary/aromatic N) is 3. The normalized spacial score (nSPS) is 11.2. The van der Waals surface area contributed by atoms with Crippen LogP contribution < -0.4 is 4.74 Å². The van der Waals surface area contributed by atoms with Crippen molar-refractivity contribution in [3.63, 3.8) is 0 Å². The molecule has 0 unspecified atom stereocenters. The molecule has 5 heteroatoms. The lowest BCUT2D eigenvalue weighted by Gasteiger charge is -2.15. The molecule has 0 saturated carbocycles. The highest BCUT2D eigenvalue weighted by Gasteiger charge is 2.17. The van der Waals surface area contributed by atoms with E-state index in [4.69, 9.17) is 4.74 Å². The van der Waals surface area contributed by atoms with Crippen molar-refractivity contribution < 1.29 is 9.84 Å². The maximum absolute atomic E-state index is 10.7. The van der Waals surface area contributed by atoms with Crippen molar-refractivity contribution in [3.05, 3.63) is 67.0 Å². The number of hydrogen-bond acceptors (Lipinski definition) is 4. The van der Waals surface area contributed by atoms with Gasteiger partial charge in [-0.25, -0.2) is 9.50 Å². The van der Waals surface area contributed by atoms with E-state index >= 15 is 0 Å². The van der Waals surface area contributed by atoms with Gasteiger partial charge in [-0.1, -0.05) is 30.3 Å². The molecule has 5 nitrogen and oxygen atoms in total. The Bertz CT molecular complexity index is 1060. The van der Waals surface area contributed by atoms with Gasteiger partial charge in [-0.05, 0) is 31.5 Å². The molecule has 0 saturated heterocycles. The summed E-state index contributed by atoms with van der Waals surface area (Å²) in [7, 11) is 0. The van der Waals surface area contributed by atoms with Crippen LogP contribution in [-0.2, 0) is 0 Å². The number of phenolic OH excluding ortho intramolecular Hbond substituents is 1. The average molecular weight is 345 g/mol. The first-order valence-corrected chi connectivity index (χ1v) is 8.51. The van der Waals surface area contributed by atoms with Gasteiger partial charge in [-0.15, -0.1) is 0 Å². The van der Waals surface area contributed by atoms with Crippen molar-refractivity contribution in [1.82, 2.24) is 14.6 Å². The van der Waals surface area contributed by atoms with Crippen molar-refractivity contribution in [2.75, 3.05) is 0 Å². The highest BCUT2D eigenvalue weighted by atomic mass is 16.5. The molecule has 4 aromatic rings. The fraction of sp³-hybridized carbons (Fsp3) is 0.143. The van der Waals surface area contributed by atoms with Crippen LogP contribution in [0.2, 0.25) is 0 Å². The Morgan fingerprint density at radius 1 is 1.00 bits per heavy atom. The summed E-state index contributed by atoms with van der Waals surface area (Å²) in [5, 5.41) is 15.1. The second kappa shape index (κ2) is 6.52. The predicted octanol–water partition coefficient (Wildman–Crippen LogP) is 4.56. The van der Waals surface area contributed by atoms with Crippen molar-refractivity contribution in [2.45, 2.75) is 20.0 Å². The average Bonchev–Trinajstić information content (AvgIpc) is 3.10. The Hall–Kier alpha value is -3.34. The van der Waals surface area contributed by atoms with Crippen molar-refractivity contribution >= 4 is 5.65 Å². The lowest BCUT2D eigenvalue weighted by Crippen LogP contribution is -2.05. The number of ether oxygens (including phenoxy) is 1. The molecule has 0 amide bonds. The Morgan fingerprint density at radius 3 is 2.54 bits per heavy atom. The zero-order valence-electron chi connectivity index (χ0n) is 14.6. The predicted molar refractivity (Wildman–Crippen MR) is 101 cm³/mol. The van der Waals surface area contributed by atoms with Crippen LogP contribution in [0.5, 0.6) is 11.5 Å². The van der Waals surface area contributed by atoms with E-state index in [2.05, 4.69) is 10.1 Å². The molecular weight excluding hydrogens is 326 g/mol. The lowest BCUT2D eigenvalue weighted by molar-refractivity contribution is 0.241. The van der Waals surface area contributed by atoms with E-state index in [9.17, 15) is 5.11 Å². The Morgan fingerprint density at radius 2 is 1.81 bits per heavy atom. The van der Waals surface area contributed by atoms with Crippen LogP contribution in [0.25, 0.3) is 28.0 Å². The molecule has 130 valence electrons. The minimum Gasteiger partial charge on any atom is -0.507 e. The summed E-state index contributed by atoms with van der Waals surface area (Å²) in [4.78, 5) is 4.48. The van der Waals surface area contributed by atoms with Gasteiger partial charge < -0.3 is 9.84 Å². The summed E-state index contributed by atoms with van der Waals surface area (Å²) in [5.41, 5.74) is 4.10.